The highest BCUT2D eigenvalue weighted by atomic mass is 32.2. The molecule has 3 nitrogen and oxygen atoms in total. The Labute approximate surface area is 125 Å². The van der Waals surface area contributed by atoms with E-state index < -0.39 is 15.7 Å². The average molecular weight is 312 g/mol. The molecule has 116 valence electrons. The third-order valence-corrected chi connectivity index (χ3v) is 6.45. The molecule has 0 bridgehead atoms. The third kappa shape index (κ3) is 3.29. The molecule has 0 aromatic heterocycles. The first-order valence-corrected chi connectivity index (χ1v) is 9.31. The number of sulfone groups is 1. The molecule has 1 saturated carbocycles. The maximum Gasteiger partial charge on any atom is 0.181 e. The molecule has 1 saturated heterocycles. The summed E-state index contributed by atoms with van der Waals surface area (Å²) in [5.74, 6) is -0.565. The van der Waals surface area contributed by atoms with Crippen molar-refractivity contribution in [2.45, 2.75) is 61.5 Å². The largest absolute Gasteiger partial charge is 0.371 e. The van der Waals surface area contributed by atoms with Crippen molar-refractivity contribution in [3.05, 3.63) is 30.1 Å². The van der Waals surface area contributed by atoms with Gasteiger partial charge in [0.25, 0.3) is 0 Å². The highest BCUT2D eigenvalue weighted by Gasteiger charge is 2.42. The molecule has 1 atom stereocenters. The Kier molecular flexibility index (Phi) is 4.06. The van der Waals surface area contributed by atoms with E-state index >= 15 is 0 Å². The van der Waals surface area contributed by atoms with Gasteiger partial charge in [-0.15, -0.1) is 0 Å². The molecule has 1 aliphatic carbocycles. The van der Waals surface area contributed by atoms with Gasteiger partial charge >= 0.3 is 0 Å². The fourth-order valence-corrected chi connectivity index (χ4v) is 5.07. The first-order chi connectivity index (χ1) is 9.99. The van der Waals surface area contributed by atoms with E-state index in [0.717, 1.165) is 31.7 Å². The summed E-state index contributed by atoms with van der Waals surface area (Å²) in [6, 6.07) is 5.22. The van der Waals surface area contributed by atoms with Crippen LogP contribution < -0.4 is 0 Å². The standard InChI is InChI=1S/C16H21FO3S/c17-13-5-4-6-15(11-13)21(18,19)12-14-7-10-16(20-14)8-2-1-3-9-16/h4-6,11,14H,1-3,7-10,12H2. The fourth-order valence-electron chi connectivity index (χ4n) is 3.58. The molecule has 1 aliphatic heterocycles. The second-order valence-corrected chi connectivity index (χ2v) is 8.30. The van der Waals surface area contributed by atoms with Crippen LogP contribution in [0.4, 0.5) is 4.39 Å². The van der Waals surface area contributed by atoms with Crippen LogP contribution in [0.2, 0.25) is 0 Å². The van der Waals surface area contributed by atoms with Crippen molar-refractivity contribution < 1.29 is 17.5 Å². The molecule has 2 fully saturated rings. The average Bonchev–Trinajstić information content (AvgIpc) is 2.81. The molecular weight excluding hydrogens is 291 g/mol. The van der Waals surface area contributed by atoms with E-state index in [1.807, 2.05) is 0 Å². The summed E-state index contributed by atoms with van der Waals surface area (Å²) in [6.45, 7) is 0. The van der Waals surface area contributed by atoms with Crippen molar-refractivity contribution in [3.8, 4) is 0 Å². The lowest BCUT2D eigenvalue weighted by molar-refractivity contribution is -0.0559. The van der Waals surface area contributed by atoms with Gasteiger partial charge in [-0.05, 0) is 43.9 Å². The summed E-state index contributed by atoms with van der Waals surface area (Å²) < 4.78 is 44.0. The van der Waals surface area contributed by atoms with Crippen LogP contribution in [0.1, 0.15) is 44.9 Å². The van der Waals surface area contributed by atoms with Gasteiger partial charge in [0.2, 0.25) is 0 Å². The minimum Gasteiger partial charge on any atom is -0.371 e. The number of benzene rings is 1. The van der Waals surface area contributed by atoms with Crippen LogP contribution in [-0.2, 0) is 14.6 Å². The summed E-state index contributed by atoms with van der Waals surface area (Å²) in [6.07, 6.45) is 7.17. The summed E-state index contributed by atoms with van der Waals surface area (Å²) in [4.78, 5) is 0.0516. The Morgan fingerprint density at radius 1 is 1.19 bits per heavy atom. The van der Waals surface area contributed by atoms with Crippen LogP contribution >= 0.6 is 0 Å². The predicted octanol–water partition coefficient (Wildman–Crippen LogP) is 3.48. The van der Waals surface area contributed by atoms with Gasteiger partial charge in [-0.25, -0.2) is 12.8 Å². The van der Waals surface area contributed by atoms with Gasteiger partial charge in [0.1, 0.15) is 5.82 Å². The molecule has 3 rings (SSSR count). The van der Waals surface area contributed by atoms with Crippen LogP contribution in [0.25, 0.3) is 0 Å². The van der Waals surface area contributed by atoms with Gasteiger partial charge in [-0.1, -0.05) is 25.3 Å². The Morgan fingerprint density at radius 2 is 1.95 bits per heavy atom. The number of hydrogen-bond acceptors (Lipinski definition) is 3. The van der Waals surface area contributed by atoms with Crippen LogP contribution in [0.3, 0.4) is 0 Å². The van der Waals surface area contributed by atoms with E-state index in [1.54, 1.807) is 0 Å². The zero-order chi connectivity index (χ0) is 14.9. The first kappa shape index (κ1) is 15.0. The summed E-state index contributed by atoms with van der Waals surface area (Å²) in [5, 5.41) is 0. The lowest BCUT2D eigenvalue weighted by Gasteiger charge is -2.33. The second-order valence-electron chi connectivity index (χ2n) is 6.26. The van der Waals surface area contributed by atoms with E-state index in [-0.39, 0.29) is 22.4 Å². The van der Waals surface area contributed by atoms with Crippen LogP contribution in [0, 0.1) is 5.82 Å². The molecule has 1 unspecified atom stereocenters. The zero-order valence-corrected chi connectivity index (χ0v) is 12.9. The quantitative estimate of drug-likeness (QED) is 0.858. The number of rotatable bonds is 3. The second kappa shape index (κ2) is 5.69. The van der Waals surface area contributed by atoms with E-state index in [2.05, 4.69) is 0 Å². The van der Waals surface area contributed by atoms with Gasteiger partial charge in [0.05, 0.1) is 22.4 Å². The van der Waals surface area contributed by atoms with Gasteiger partial charge in [0.15, 0.2) is 9.84 Å². The Hall–Kier alpha value is -0.940. The van der Waals surface area contributed by atoms with E-state index in [0.29, 0.717) is 0 Å². The molecule has 0 amide bonds. The van der Waals surface area contributed by atoms with Gasteiger partial charge < -0.3 is 4.74 Å². The van der Waals surface area contributed by atoms with Crippen molar-refractivity contribution in [2.75, 3.05) is 5.75 Å². The van der Waals surface area contributed by atoms with Crippen LogP contribution in [-0.4, -0.2) is 25.9 Å². The van der Waals surface area contributed by atoms with Gasteiger partial charge in [0, 0.05) is 0 Å². The lowest BCUT2D eigenvalue weighted by Crippen LogP contribution is -2.33. The maximum atomic E-state index is 13.2. The highest BCUT2D eigenvalue weighted by molar-refractivity contribution is 7.91. The fraction of sp³-hybridized carbons (Fsp3) is 0.625. The third-order valence-electron chi connectivity index (χ3n) is 4.66. The summed E-state index contributed by atoms with van der Waals surface area (Å²) in [7, 11) is -3.49. The van der Waals surface area contributed by atoms with Crippen molar-refractivity contribution in [2.24, 2.45) is 0 Å². The molecule has 1 aromatic carbocycles. The van der Waals surface area contributed by atoms with Gasteiger partial charge in [-0.3, -0.25) is 0 Å². The van der Waals surface area contributed by atoms with Crippen molar-refractivity contribution in [3.63, 3.8) is 0 Å². The monoisotopic (exact) mass is 312 g/mol. The van der Waals surface area contributed by atoms with Crippen molar-refractivity contribution in [1.29, 1.82) is 0 Å². The lowest BCUT2D eigenvalue weighted by atomic mass is 9.83. The van der Waals surface area contributed by atoms with Crippen LogP contribution in [0.5, 0.6) is 0 Å². The maximum absolute atomic E-state index is 13.2. The molecule has 1 spiro atoms. The molecule has 0 radical (unpaired) electrons. The SMILES string of the molecule is O=S(=O)(CC1CCC2(CCCCC2)O1)c1cccc(F)c1. The predicted molar refractivity (Wildman–Crippen MR) is 78.4 cm³/mol. The number of halogens is 1. The first-order valence-electron chi connectivity index (χ1n) is 7.65. The highest BCUT2D eigenvalue weighted by Crippen LogP contribution is 2.42. The normalized spacial score (nSPS) is 25.3. The molecule has 0 N–H and O–H groups in total. The minimum atomic E-state index is -3.49. The van der Waals surface area contributed by atoms with Crippen molar-refractivity contribution in [1.82, 2.24) is 0 Å². The smallest absolute Gasteiger partial charge is 0.181 e. The molecule has 5 heteroatoms. The Morgan fingerprint density at radius 3 is 2.67 bits per heavy atom. The summed E-state index contributed by atoms with van der Waals surface area (Å²) >= 11 is 0. The number of hydrogen-bond donors (Lipinski definition) is 0. The number of ether oxygens (including phenoxy) is 1. The molecule has 1 heterocycles. The molecule has 21 heavy (non-hydrogen) atoms. The molecule has 1 aromatic rings. The van der Waals surface area contributed by atoms with E-state index in [4.69, 9.17) is 4.74 Å². The topological polar surface area (TPSA) is 43.4 Å². The van der Waals surface area contributed by atoms with Crippen molar-refractivity contribution >= 4 is 9.84 Å². The van der Waals surface area contributed by atoms with E-state index in [1.165, 1.54) is 37.5 Å². The Bertz CT molecular complexity index is 606. The Balaban J connectivity index is 1.69. The van der Waals surface area contributed by atoms with Crippen LogP contribution in [0.15, 0.2) is 29.2 Å². The minimum absolute atomic E-state index is 0.0434. The van der Waals surface area contributed by atoms with Gasteiger partial charge in [-0.2, -0.15) is 0 Å². The molecule has 2 aliphatic rings. The molecular formula is C16H21FO3S. The van der Waals surface area contributed by atoms with E-state index in [9.17, 15) is 12.8 Å². The summed E-state index contributed by atoms with van der Waals surface area (Å²) in [5.41, 5.74) is -0.0830. The zero-order valence-electron chi connectivity index (χ0n) is 12.1.